The first-order valence-corrected chi connectivity index (χ1v) is 9.34. The lowest BCUT2D eigenvalue weighted by molar-refractivity contribution is 0.0656. The van der Waals surface area contributed by atoms with Gasteiger partial charge in [-0.3, -0.25) is 14.2 Å². The molecule has 0 bridgehead atoms. The van der Waals surface area contributed by atoms with Crippen LogP contribution in [0.2, 0.25) is 0 Å². The van der Waals surface area contributed by atoms with Crippen LogP contribution in [0.4, 0.5) is 13.2 Å². The lowest BCUT2D eigenvalue weighted by Gasteiger charge is -2.17. The van der Waals surface area contributed by atoms with Crippen LogP contribution in [0.25, 0.3) is 22.0 Å². The number of rotatable bonds is 4. The van der Waals surface area contributed by atoms with Crippen molar-refractivity contribution >= 4 is 10.9 Å². The topological polar surface area (TPSA) is 69.0 Å². The number of nitrogens with one attached hydrogen (secondary N) is 1. The summed E-state index contributed by atoms with van der Waals surface area (Å²) in [6.07, 6.45) is 4.06. The van der Waals surface area contributed by atoms with Gasteiger partial charge in [0, 0.05) is 42.2 Å². The molecule has 31 heavy (non-hydrogen) atoms. The Morgan fingerprint density at radius 3 is 2.32 bits per heavy atom. The first kappa shape index (κ1) is 20.5. The predicted molar refractivity (Wildman–Crippen MR) is 110 cm³/mol. The van der Waals surface area contributed by atoms with Gasteiger partial charge in [-0.25, -0.2) is 4.39 Å². The third-order valence-corrected chi connectivity index (χ3v) is 5.10. The molecular weight excluding hydrogens is 411 g/mol. The van der Waals surface area contributed by atoms with E-state index >= 15 is 0 Å². The summed E-state index contributed by atoms with van der Waals surface area (Å²) >= 11 is 0. The van der Waals surface area contributed by atoms with Crippen molar-refractivity contribution in [1.29, 1.82) is 0 Å². The van der Waals surface area contributed by atoms with Gasteiger partial charge in [-0.1, -0.05) is 0 Å². The maximum atomic E-state index is 13.7. The van der Waals surface area contributed by atoms with E-state index < -0.39 is 17.9 Å². The number of halogens is 3. The van der Waals surface area contributed by atoms with E-state index in [2.05, 4.69) is 4.98 Å². The second-order valence-electron chi connectivity index (χ2n) is 7.24. The Morgan fingerprint density at radius 1 is 1.00 bits per heavy atom. The smallest absolute Gasteiger partial charge is 0.321 e. The molecule has 0 atom stereocenters. The maximum absolute atomic E-state index is 13.7. The summed E-state index contributed by atoms with van der Waals surface area (Å²) in [5.41, 5.74) is 0.461. The number of ether oxygens (including phenoxy) is 1. The number of aromatic nitrogens is 3. The average Bonchev–Trinajstić information content (AvgIpc) is 3.18. The monoisotopic (exact) mass is 429 g/mol. The van der Waals surface area contributed by atoms with Gasteiger partial charge in [0.05, 0.1) is 0 Å². The highest BCUT2D eigenvalue weighted by Crippen LogP contribution is 2.36. The zero-order valence-electron chi connectivity index (χ0n) is 16.9. The van der Waals surface area contributed by atoms with E-state index in [0.717, 1.165) is 6.20 Å². The van der Waals surface area contributed by atoms with Gasteiger partial charge in [-0.05, 0) is 49.2 Å². The molecule has 0 spiro atoms. The molecule has 4 rings (SSSR count). The number of H-pyrrole nitrogens is 1. The third kappa shape index (κ3) is 3.41. The first-order valence-electron chi connectivity index (χ1n) is 9.34. The van der Waals surface area contributed by atoms with Crippen LogP contribution in [0.3, 0.4) is 0 Å². The van der Waals surface area contributed by atoms with Crippen LogP contribution in [0, 0.1) is 19.7 Å². The van der Waals surface area contributed by atoms with Gasteiger partial charge in [0.25, 0.3) is 11.1 Å². The van der Waals surface area contributed by atoms with E-state index in [0.29, 0.717) is 27.6 Å². The lowest BCUT2D eigenvalue weighted by atomic mass is 10.0. The normalized spacial score (nSPS) is 11.5. The highest BCUT2D eigenvalue weighted by Gasteiger charge is 2.22. The molecule has 0 saturated heterocycles. The molecular formula is C22H18F3N3O3. The van der Waals surface area contributed by atoms with E-state index in [9.17, 15) is 22.8 Å². The third-order valence-electron chi connectivity index (χ3n) is 5.10. The fourth-order valence-electron chi connectivity index (χ4n) is 3.64. The summed E-state index contributed by atoms with van der Waals surface area (Å²) in [6, 6.07) is 5.45. The lowest BCUT2D eigenvalue weighted by Crippen LogP contribution is -2.22. The molecule has 3 aromatic heterocycles. The molecule has 4 aromatic rings. The van der Waals surface area contributed by atoms with Crippen LogP contribution in [0.1, 0.15) is 17.7 Å². The second kappa shape index (κ2) is 7.50. The van der Waals surface area contributed by atoms with Gasteiger partial charge < -0.3 is 14.3 Å². The van der Waals surface area contributed by atoms with Crippen molar-refractivity contribution in [2.24, 2.45) is 7.05 Å². The van der Waals surface area contributed by atoms with Crippen molar-refractivity contribution in [1.82, 2.24) is 14.1 Å². The Hall–Kier alpha value is -3.75. The Labute approximate surface area is 174 Å². The Balaban J connectivity index is 2.03. The standard InChI is InChI=1S/C22H18F3N3O3/c1-11-8-13(23)9-12(2)18(11)31-19-15(5-7-28(21(19)30)22(24)25)16-10-27(3)20(29)17-14(16)4-6-26-17/h4-10,22,26H,1-3H3. The zero-order valence-corrected chi connectivity index (χ0v) is 16.9. The molecule has 1 aromatic carbocycles. The number of aryl methyl sites for hydroxylation is 3. The van der Waals surface area contributed by atoms with Crippen molar-refractivity contribution in [3.05, 3.63) is 80.5 Å². The van der Waals surface area contributed by atoms with Gasteiger partial charge >= 0.3 is 6.55 Å². The number of aromatic amines is 1. The summed E-state index contributed by atoms with van der Waals surface area (Å²) in [6.45, 7) is 0.110. The molecule has 6 nitrogen and oxygen atoms in total. The fourth-order valence-corrected chi connectivity index (χ4v) is 3.64. The number of pyridine rings is 2. The van der Waals surface area contributed by atoms with Crippen molar-refractivity contribution in [2.75, 3.05) is 0 Å². The predicted octanol–water partition coefficient (Wildman–Crippen LogP) is 4.64. The van der Waals surface area contributed by atoms with Crippen LogP contribution in [-0.2, 0) is 7.05 Å². The molecule has 0 amide bonds. The van der Waals surface area contributed by atoms with Gasteiger partial charge in [0.2, 0.25) is 5.75 Å². The van der Waals surface area contributed by atoms with Crippen molar-refractivity contribution in [2.45, 2.75) is 20.4 Å². The summed E-state index contributed by atoms with van der Waals surface area (Å²) in [7, 11) is 1.54. The number of hydrogen-bond donors (Lipinski definition) is 1. The van der Waals surface area contributed by atoms with Crippen LogP contribution in [0.5, 0.6) is 11.5 Å². The molecule has 9 heteroatoms. The summed E-state index contributed by atoms with van der Waals surface area (Å²) < 4.78 is 48.0. The van der Waals surface area contributed by atoms with Gasteiger partial charge in [0.1, 0.15) is 17.1 Å². The summed E-state index contributed by atoms with van der Waals surface area (Å²) in [4.78, 5) is 28.2. The van der Waals surface area contributed by atoms with E-state index in [4.69, 9.17) is 4.74 Å². The molecule has 3 heterocycles. The van der Waals surface area contributed by atoms with Crippen LogP contribution in [-0.4, -0.2) is 14.1 Å². The fraction of sp³-hybridized carbons (Fsp3) is 0.182. The number of alkyl halides is 2. The van der Waals surface area contributed by atoms with E-state index in [1.807, 2.05) is 0 Å². The molecule has 0 aliphatic carbocycles. The average molecular weight is 429 g/mol. The Bertz CT molecular complexity index is 1410. The Morgan fingerprint density at radius 2 is 1.68 bits per heavy atom. The van der Waals surface area contributed by atoms with Crippen LogP contribution >= 0.6 is 0 Å². The van der Waals surface area contributed by atoms with E-state index in [1.54, 1.807) is 33.2 Å². The largest absolute Gasteiger partial charge is 0.450 e. The van der Waals surface area contributed by atoms with Crippen LogP contribution in [0.15, 0.2) is 52.4 Å². The highest BCUT2D eigenvalue weighted by atomic mass is 19.3. The number of fused-ring (bicyclic) bond motifs is 1. The minimum absolute atomic E-state index is 0.196. The number of benzene rings is 1. The second-order valence-corrected chi connectivity index (χ2v) is 7.24. The molecule has 1 N–H and O–H groups in total. The molecule has 160 valence electrons. The minimum Gasteiger partial charge on any atom is -0.450 e. The molecule has 0 radical (unpaired) electrons. The number of nitrogens with zero attached hydrogens (tertiary/aromatic N) is 2. The zero-order chi connectivity index (χ0) is 22.4. The summed E-state index contributed by atoms with van der Waals surface area (Å²) in [5, 5.41) is 0.509. The van der Waals surface area contributed by atoms with Gasteiger partial charge in [0.15, 0.2) is 0 Å². The molecule has 0 fully saturated rings. The van der Waals surface area contributed by atoms with E-state index in [-0.39, 0.29) is 27.2 Å². The van der Waals surface area contributed by atoms with E-state index in [1.165, 1.54) is 29.0 Å². The Kier molecular flexibility index (Phi) is 4.96. The first-order chi connectivity index (χ1) is 14.7. The van der Waals surface area contributed by atoms with Crippen molar-refractivity contribution in [3.63, 3.8) is 0 Å². The van der Waals surface area contributed by atoms with Crippen molar-refractivity contribution in [3.8, 4) is 22.6 Å². The summed E-state index contributed by atoms with van der Waals surface area (Å²) in [5.74, 6) is -0.628. The molecule has 0 aliphatic rings. The van der Waals surface area contributed by atoms with Crippen molar-refractivity contribution < 1.29 is 17.9 Å². The molecule has 0 aliphatic heterocycles. The van der Waals surface area contributed by atoms with Crippen LogP contribution < -0.4 is 15.9 Å². The number of hydrogen-bond acceptors (Lipinski definition) is 3. The molecule has 0 saturated carbocycles. The maximum Gasteiger partial charge on any atom is 0.321 e. The quantitative estimate of drug-likeness (QED) is 0.514. The van der Waals surface area contributed by atoms with Gasteiger partial charge in [-0.15, -0.1) is 0 Å². The molecule has 0 unspecified atom stereocenters. The van der Waals surface area contributed by atoms with Gasteiger partial charge in [-0.2, -0.15) is 8.78 Å². The highest BCUT2D eigenvalue weighted by molar-refractivity contribution is 5.95. The minimum atomic E-state index is -3.08. The SMILES string of the molecule is Cc1cc(F)cc(C)c1Oc1c(-c2cn(C)c(=O)c3[nH]ccc23)ccn(C(F)F)c1=O.